The number of ether oxygens (including phenoxy) is 1. The van der Waals surface area contributed by atoms with Crippen molar-refractivity contribution in [2.45, 2.75) is 0 Å². The SMILES string of the molecule is COC(=O)c1ccc2c(c1)NC(=O)/C2=C(/Nc1ccc(C(=O)NOCCN2CCN(C)CC2)cc1)c1ccccc1. The molecule has 1 fully saturated rings. The number of benzene rings is 3. The van der Waals surface area contributed by atoms with Crippen LogP contribution < -0.4 is 16.1 Å². The highest BCUT2D eigenvalue weighted by atomic mass is 16.7. The quantitative estimate of drug-likeness (QED) is 0.160. The summed E-state index contributed by atoms with van der Waals surface area (Å²) in [6.45, 7) is 5.21. The highest BCUT2D eigenvalue weighted by Crippen LogP contribution is 2.38. The molecule has 0 bridgehead atoms. The first-order valence-electron chi connectivity index (χ1n) is 13.5. The maximum Gasteiger partial charge on any atom is 0.337 e. The molecule has 3 aromatic carbocycles. The van der Waals surface area contributed by atoms with Gasteiger partial charge in [-0.15, -0.1) is 0 Å². The monoisotopic (exact) mass is 555 g/mol. The van der Waals surface area contributed by atoms with E-state index in [4.69, 9.17) is 9.57 Å². The Labute approximate surface area is 238 Å². The first-order valence-corrected chi connectivity index (χ1v) is 13.5. The van der Waals surface area contributed by atoms with Gasteiger partial charge in [0.25, 0.3) is 11.8 Å². The first-order chi connectivity index (χ1) is 19.9. The predicted molar refractivity (Wildman–Crippen MR) is 157 cm³/mol. The van der Waals surface area contributed by atoms with Gasteiger partial charge in [-0.3, -0.25) is 19.3 Å². The van der Waals surface area contributed by atoms with Crippen molar-refractivity contribution in [3.63, 3.8) is 0 Å². The average molecular weight is 556 g/mol. The van der Waals surface area contributed by atoms with E-state index in [9.17, 15) is 14.4 Å². The van der Waals surface area contributed by atoms with Crippen LogP contribution in [-0.4, -0.2) is 81.1 Å². The van der Waals surface area contributed by atoms with Gasteiger partial charge in [-0.1, -0.05) is 36.4 Å². The van der Waals surface area contributed by atoms with Crippen molar-refractivity contribution < 1.29 is 24.0 Å². The summed E-state index contributed by atoms with van der Waals surface area (Å²) >= 11 is 0. The van der Waals surface area contributed by atoms with Crippen molar-refractivity contribution in [1.82, 2.24) is 15.3 Å². The minimum Gasteiger partial charge on any atom is -0.465 e. The summed E-state index contributed by atoms with van der Waals surface area (Å²) in [5.41, 5.74) is 7.04. The molecule has 0 saturated carbocycles. The van der Waals surface area contributed by atoms with Crippen LogP contribution in [0.5, 0.6) is 0 Å². The van der Waals surface area contributed by atoms with Gasteiger partial charge in [0.2, 0.25) is 0 Å². The molecule has 0 spiro atoms. The summed E-state index contributed by atoms with van der Waals surface area (Å²) in [7, 11) is 3.43. The lowest BCUT2D eigenvalue weighted by molar-refractivity contribution is -0.110. The lowest BCUT2D eigenvalue weighted by Gasteiger charge is -2.32. The number of methoxy groups -OCH3 is 1. The predicted octanol–water partition coefficient (Wildman–Crippen LogP) is 3.31. The van der Waals surface area contributed by atoms with Crippen LogP contribution in [0.1, 0.15) is 31.8 Å². The van der Waals surface area contributed by atoms with Crippen LogP contribution in [0.2, 0.25) is 0 Å². The molecule has 3 N–H and O–H groups in total. The third-order valence-corrected chi connectivity index (χ3v) is 7.18. The normalized spacial score (nSPS) is 16.5. The highest BCUT2D eigenvalue weighted by Gasteiger charge is 2.29. The Balaban J connectivity index is 1.30. The van der Waals surface area contributed by atoms with Crippen molar-refractivity contribution in [1.29, 1.82) is 0 Å². The molecule has 2 heterocycles. The van der Waals surface area contributed by atoms with Crippen molar-refractivity contribution in [2.75, 3.05) is 64.1 Å². The summed E-state index contributed by atoms with van der Waals surface area (Å²) in [5.74, 6) is -1.11. The molecule has 0 atom stereocenters. The molecule has 10 heteroatoms. The van der Waals surface area contributed by atoms with Gasteiger partial charge in [0.15, 0.2) is 0 Å². The van der Waals surface area contributed by atoms with E-state index in [0.29, 0.717) is 45.9 Å². The molecular weight excluding hydrogens is 522 g/mol. The molecule has 0 radical (unpaired) electrons. The molecule has 1 saturated heterocycles. The molecule has 0 aliphatic carbocycles. The van der Waals surface area contributed by atoms with E-state index >= 15 is 0 Å². The van der Waals surface area contributed by atoms with Gasteiger partial charge in [0, 0.05) is 49.5 Å². The molecule has 3 aromatic rings. The number of esters is 1. The van der Waals surface area contributed by atoms with Crippen molar-refractivity contribution in [3.05, 3.63) is 95.1 Å². The van der Waals surface area contributed by atoms with E-state index in [0.717, 1.165) is 38.3 Å². The van der Waals surface area contributed by atoms with Gasteiger partial charge in [-0.25, -0.2) is 10.3 Å². The zero-order valence-electron chi connectivity index (χ0n) is 23.1. The van der Waals surface area contributed by atoms with Crippen LogP contribution in [0.25, 0.3) is 11.3 Å². The van der Waals surface area contributed by atoms with Crippen LogP contribution in [0, 0.1) is 0 Å². The molecule has 0 aromatic heterocycles. The fourth-order valence-corrected chi connectivity index (χ4v) is 4.82. The van der Waals surface area contributed by atoms with Crippen LogP contribution >= 0.6 is 0 Å². The molecule has 2 amide bonds. The number of likely N-dealkylation sites (N-methyl/N-ethyl adjacent to an activating group) is 1. The second kappa shape index (κ2) is 12.8. The number of piperazine rings is 1. The van der Waals surface area contributed by atoms with Gasteiger partial charge >= 0.3 is 5.97 Å². The molecule has 5 rings (SSSR count). The molecule has 10 nitrogen and oxygen atoms in total. The van der Waals surface area contributed by atoms with E-state index < -0.39 is 5.97 Å². The van der Waals surface area contributed by atoms with Gasteiger partial charge in [-0.05, 0) is 49.0 Å². The number of hydroxylamine groups is 1. The van der Waals surface area contributed by atoms with Gasteiger partial charge in [0.1, 0.15) is 0 Å². The first kappa shape index (κ1) is 28.0. The largest absolute Gasteiger partial charge is 0.465 e. The number of hydrogen-bond donors (Lipinski definition) is 3. The van der Waals surface area contributed by atoms with Crippen molar-refractivity contribution in [2.24, 2.45) is 0 Å². The number of nitrogens with zero attached hydrogens (tertiary/aromatic N) is 2. The van der Waals surface area contributed by atoms with Crippen LogP contribution in [-0.2, 0) is 14.4 Å². The maximum atomic E-state index is 13.2. The van der Waals surface area contributed by atoms with Crippen molar-refractivity contribution >= 4 is 40.4 Å². The third kappa shape index (κ3) is 6.63. The smallest absolute Gasteiger partial charge is 0.337 e. The minimum atomic E-state index is -0.481. The van der Waals surface area contributed by atoms with Crippen LogP contribution in [0.4, 0.5) is 11.4 Å². The summed E-state index contributed by atoms with van der Waals surface area (Å²) in [6.07, 6.45) is 0. The number of carbonyl (C=O) groups is 3. The number of fused-ring (bicyclic) bond motifs is 1. The van der Waals surface area contributed by atoms with Gasteiger partial charge < -0.3 is 20.3 Å². The summed E-state index contributed by atoms with van der Waals surface area (Å²) in [5, 5.41) is 6.23. The molecule has 2 aliphatic rings. The zero-order valence-corrected chi connectivity index (χ0v) is 23.1. The lowest BCUT2D eigenvalue weighted by Crippen LogP contribution is -2.45. The number of anilines is 2. The van der Waals surface area contributed by atoms with Crippen LogP contribution in [0.3, 0.4) is 0 Å². The standard InChI is InChI=1S/C31H33N5O5/c1-35-14-16-36(17-15-35)18-19-41-34-29(37)22-8-11-24(12-9-22)32-28(21-6-4-3-5-7-21)27-25-13-10-23(31(39)40-2)20-26(25)33-30(27)38/h3-13,20,32H,14-19H2,1-2H3,(H,33,38)(H,34,37)/b28-27+. The second-order valence-electron chi connectivity index (χ2n) is 9.95. The Morgan fingerprint density at radius 3 is 2.32 bits per heavy atom. The molecule has 212 valence electrons. The number of amides is 2. The number of hydrogen-bond acceptors (Lipinski definition) is 8. The Morgan fingerprint density at radius 1 is 0.902 bits per heavy atom. The van der Waals surface area contributed by atoms with E-state index in [-0.39, 0.29) is 11.8 Å². The molecule has 0 unspecified atom stereocenters. The Hall–Kier alpha value is -4.51. The minimum absolute atomic E-state index is 0.293. The summed E-state index contributed by atoms with van der Waals surface area (Å²) in [6, 6.07) is 21.4. The number of carbonyl (C=O) groups excluding carboxylic acids is 3. The van der Waals surface area contributed by atoms with E-state index in [1.54, 1.807) is 42.5 Å². The van der Waals surface area contributed by atoms with E-state index in [2.05, 4.69) is 33.0 Å². The fraction of sp³-hybridized carbons (Fsp3) is 0.258. The zero-order chi connectivity index (χ0) is 28.8. The topological polar surface area (TPSA) is 112 Å². The number of nitrogens with one attached hydrogen (secondary N) is 3. The van der Waals surface area contributed by atoms with E-state index in [1.807, 2.05) is 30.3 Å². The molecule has 2 aliphatic heterocycles. The third-order valence-electron chi connectivity index (χ3n) is 7.18. The molecule has 41 heavy (non-hydrogen) atoms. The van der Waals surface area contributed by atoms with Crippen LogP contribution in [0.15, 0.2) is 72.8 Å². The maximum absolute atomic E-state index is 13.2. The Bertz CT molecular complexity index is 1450. The highest BCUT2D eigenvalue weighted by molar-refractivity contribution is 6.37. The fourth-order valence-electron chi connectivity index (χ4n) is 4.82. The van der Waals surface area contributed by atoms with Gasteiger partial charge in [0.05, 0.1) is 36.2 Å². The Kier molecular flexibility index (Phi) is 8.73. The van der Waals surface area contributed by atoms with Gasteiger partial charge in [-0.2, -0.15) is 0 Å². The Morgan fingerprint density at radius 2 is 1.61 bits per heavy atom. The van der Waals surface area contributed by atoms with Crippen molar-refractivity contribution in [3.8, 4) is 0 Å². The molecular formula is C31H33N5O5. The number of rotatable bonds is 9. The average Bonchev–Trinajstić information content (AvgIpc) is 3.33. The summed E-state index contributed by atoms with van der Waals surface area (Å²) < 4.78 is 4.81. The van der Waals surface area contributed by atoms with E-state index in [1.165, 1.54) is 7.11 Å². The second-order valence-corrected chi connectivity index (χ2v) is 9.95. The lowest BCUT2D eigenvalue weighted by atomic mass is 9.99. The summed E-state index contributed by atoms with van der Waals surface area (Å²) in [4.78, 5) is 47.8.